The first-order valence-electron chi connectivity index (χ1n) is 8.58. The van der Waals surface area contributed by atoms with Crippen LogP contribution in [-0.4, -0.2) is 24.9 Å². The van der Waals surface area contributed by atoms with Crippen LogP contribution in [0.15, 0.2) is 53.3 Å². The predicted octanol–water partition coefficient (Wildman–Crippen LogP) is 4.78. The molecule has 0 atom stereocenters. The molecular weight excluding hydrogens is 423 g/mol. The number of pyridine rings is 1. The molecule has 0 bridgehead atoms. The molecule has 0 fully saturated rings. The van der Waals surface area contributed by atoms with Gasteiger partial charge in [0.15, 0.2) is 0 Å². The van der Waals surface area contributed by atoms with Gasteiger partial charge in [0.1, 0.15) is 17.5 Å². The van der Waals surface area contributed by atoms with E-state index in [9.17, 15) is 13.2 Å². The Bertz CT molecular complexity index is 1150. The molecular formula is C19H13ClF3N5O2. The first kappa shape index (κ1) is 19.9. The molecule has 154 valence electrons. The van der Waals surface area contributed by atoms with Crippen molar-refractivity contribution in [3.8, 4) is 28.6 Å². The summed E-state index contributed by atoms with van der Waals surface area (Å²) in [6.45, 7) is 0.0391. The van der Waals surface area contributed by atoms with Gasteiger partial charge in [-0.1, -0.05) is 16.8 Å². The van der Waals surface area contributed by atoms with Crippen molar-refractivity contribution in [2.24, 2.45) is 7.05 Å². The summed E-state index contributed by atoms with van der Waals surface area (Å²) in [5.74, 6) is 0.834. The summed E-state index contributed by atoms with van der Waals surface area (Å²) in [7, 11) is 1.70. The van der Waals surface area contributed by atoms with E-state index in [0.717, 1.165) is 12.1 Å². The molecule has 0 saturated carbocycles. The van der Waals surface area contributed by atoms with Crippen LogP contribution in [0.25, 0.3) is 22.8 Å². The molecule has 0 unspecified atom stereocenters. The summed E-state index contributed by atoms with van der Waals surface area (Å²) in [4.78, 5) is 8.33. The van der Waals surface area contributed by atoms with Gasteiger partial charge in [0.2, 0.25) is 5.82 Å². The van der Waals surface area contributed by atoms with Crippen molar-refractivity contribution in [1.29, 1.82) is 0 Å². The Labute approximate surface area is 173 Å². The number of aromatic nitrogens is 5. The highest BCUT2D eigenvalue weighted by Crippen LogP contribution is 2.31. The topological polar surface area (TPSA) is 78.9 Å². The average molecular weight is 436 g/mol. The van der Waals surface area contributed by atoms with Gasteiger partial charge < -0.3 is 9.26 Å². The third-order valence-electron chi connectivity index (χ3n) is 4.26. The Kier molecular flexibility index (Phi) is 5.17. The number of aryl methyl sites for hydroxylation is 1. The van der Waals surface area contributed by atoms with Crippen molar-refractivity contribution in [2.75, 3.05) is 0 Å². The number of hydrogen-bond acceptors (Lipinski definition) is 6. The van der Waals surface area contributed by atoms with E-state index >= 15 is 0 Å². The number of ether oxygens (including phenoxy) is 1. The predicted molar refractivity (Wildman–Crippen MR) is 101 cm³/mol. The molecule has 0 N–H and O–H groups in total. The second-order valence-corrected chi connectivity index (χ2v) is 6.62. The zero-order chi connectivity index (χ0) is 21.3. The lowest BCUT2D eigenvalue weighted by atomic mass is 10.2. The van der Waals surface area contributed by atoms with Crippen LogP contribution in [-0.2, 0) is 19.8 Å². The fourth-order valence-corrected chi connectivity index (χ4v) is 2.77. The molecule has 3 heterocycles. The standard InChI is InChI=1S/C19H13ClF3N5O2/c1-28-15(10-29-13-5-3-12(4-6-13)19(21,22)23)14(9-25-28)18-26-17(27-30-18)11-2-7-16(20)24-8-11/h2-9H,10H2,1H3. The van der Waals surface area contributed by atoms with E-state index in [1.807, 2.05) is 0 Å². The van der Waals surface area contributed by atoms with Crippen LogP contribution in [0.3, 0.4) is 0 Å². The minimum atomic E-state index is -4.40. The second-order valence-electron chi connectivity index (χ2n) is 6.23. The van der Waals surface area contributed by atoms with Crippen LogP contribution in [0.2, 0.25) is 5.15 Å². The van der Waals surface area contributed by atoms with Gasteiger partial charge in [-0.15, -0.1) is 0 Å². The van der Waals surface area contributed by atoms with Crippen molar-refractivity contribution >= 4 is 11.6 Å². The summed E-state index contributed by atoms with van der Waals surface area (Å²) in [5.41, 5.74) is 1.04. The lowest BCUT2D eigenvalue weighted by Gasteiger charge is -2.10. The van der Waals surface area contributed by atoms with Crippen LogP contribution < -0.4 is 4.74 Å². The second kappa shape index (κ2) is 7.79. The van der Waals surface area contributed by atoms with Gasteiger partial charge in [0, 0.05) is 18.8 Å². The Morgan fingerprint density at radius 2 is 1.87 bits per heavy atom. The third-order valence-corrected chi connectivity index (χ3v) is 4.48. The van der Waals surface area contributed by atoms with Crippen LogP contribution in [0, 0.1) is 0 Å². The maximum absolute atomic E-state index is 12.7. The van der Waals surface area contributed by atoms with Crippen LogP contribution in [0.5, 0.6) is 5.75 Å². The molecule has 0 aliphatic rings. The van der Waals surface area contributed by atoms with Gasteiger partial charge in [-0.05, 0) is 36.4 Å². The third kappa shape index (κ3) is 4.13. The largest absolute Gasteiger partial charge is 0.487 e. The Morgan fingerprint density at radius 1 is 1.10 bits per heavy atom. The highest BCUT2D eigenvalue weighted by Gasteiger charge is 2.30. The number of nitrogens with zero attached hydrogens (tertiary/aromatic N) is 5. The van der Waals surface area contributed by atoms with Gasteiger partial charge >= 0.3 is 6.18 Å². The maximum atomic E-state index is 12.7. The Morgan fingerprint density at radius 3 is 2.53 bits per heavy atom. The van der Waals surface area contributed by atoms with E-state index in [-0.39, 0.29) is 18.2 Å². The van der Waals surface area contributed by atoms with Crippen molar-refractivity contribution in [3.63, 3.8) is 0 Å². The molecule has 30 heavy (non-hydrogen) atoms. The molecule has 3 aromatic heterocycles. The first-order chi connectivity index (χ1) is 14.3. The summed E-state index contributed by atoms with van der Waals surface area (Å²) >= 11 is 5.78. The number of benzene rings is 1. The summed E-state index contributed by atoms with van der Waals surface area (Å²) in [5, 5.41) is 8.46. The molecule has 0 aliphatic carbocycles. The molecule has 7 nitrogen and oxygen atoms in total. The molecule has 0 radical (unpaired) electrons. The fourth-order valence-electron chi connectivity index (χ4n) is 2.66. The number of halogens is 4. The lowest BCUT2D eigenvalue weighted by molar-refractivity contribution is -0.137. The van der Waals surface area contributed by atoms with E-state index in [4.69, 9.17) is 20.9 Å². The van der Waals surface area contributed by atoms with Gasteiger partial charge in [-0.2, -0.15) is 23.3 Å². The maximum Gasteiger partial charge on any atom is 0.416 e. The molecule has 4 aromatic rings. The Hall–Kier alpha value is -3.40. The number of alkyl halides is 3. The minimum Gasteiger partial charge on any atom is -0.487 e. The highest BCUT2D eigenvalue weighted by atomic mass is 35.5. The Balaban J connectivity index is 1.53. The molecule has 11 heteroatoms. The smallest absolute Gasteiger partial charge is 0.416 e. The molecule has 4 rings (SSSR count). The molecule has 0 aliphatic heterocycles. The summed E-state index contributed by atoms with van der Waals surface area (Å²) < 4.78 is 50.6. The molecule has 1 aromatic carbocycles. The monoisotopic (exact) mass is 435 g/mol. The normalized spacial score (nSPS) is 11.6. The summed E-state index contributed by atoms with van der Waals surface area (Å²) in [6.07, 6.45) is -1.33. The van der Waals surface area contributed by atoms with E-state index in [1.54, 1.807) is 30.1 Å². The van der Waals surface area contributed by atoms with E-state index in [1.165, 1.54) is 18.3 Å². The van der Waals surface area contributed by atoms with E-state index < -0.39 is 11.7 Å². The quantitative estimate of drug-likeness (QED) is 0.420. The zero-order valence-electron chi connectivity index (χ0n) is 15.4. The first-order valence-corrected chi connectivity index (χ1v) is 8.96. The molecule has 0 saturated heterocycles. The SMILES string of the molecule is Cn1ncc(-c2nc(-c3ccc(Cl)nc3)no2)c1COc1ccc(C(F)(F)F)cc1. The van der Waals surface area contributed by atoms with E-state index in [2.05, 4.69) is 20.2 Å². The van der Waals surface area contributed by atoms with Crippen LogP contribution in [0.4, 0.5) is 13.2 Å². The number of rotatable bonds is 5. The van der Waals surface area contributed by atoms with Crippen molar-refractivity contribution in [3.05, 3.63) is 65.2 Å². The summed E-state index contributed by atoms with van der Waals surface area (Å²) in [6, 6.07) is 7.77. The van der Waals surface area contributed by atoms with Crippen molar-refractivity contribution < 1.29 is 22.4 Å². The zero-order valence-corrected chi connectivity index (χ0v) is 16.1. The van der Waals surface area contributed by atoms with Crippen molar-refractivity contribution in [1.82, 2.24) is 24.9 Å². The van der Waals surface area contributed by atoms with Crippen molar-refractivity contribution in [2.45, 2.75) is 12.8 Å². The fraction of sp³-hybridized carbons (Fsp3) is 0.158. The molecule has 0 amide bonds. The minimum absolute atomic E-state index is 0.0391. The van der Waals surface area contributed by atoms with Gasteiger partial charge in [0.05, 0.1) is 23.0 Å². The lowest BCUT2D eigenvalue weighted by Crippen LogP contribution is -2.06. The van der Waals surface area contributed by atoms with Gasteiger partial charge in [0.25, 0.3) is 5.89 Å². The average Bonchev–Trinajstić information content (AvgIpc) is 3.33. The van der Waals surface area contributed by atoms with Gasteiger partial charge in [-0.25, -0.2) is 4.98 Å². The highest BCUT2D eigenvalue weighted by molar-refractivity contribution is 6.29. The van der Waals surface area contributed by atoms with Crippen LogP contribution in [0.1, 0.15) is 11.3 Å². The number of hydrogen-bond donors (Lipinski definition) is 0. The van der Waals surface area contributed by atoms with Gasteiger partial charge in [-0.3, -0.25) is 4.68 Å². The van der Waals surface area contributed by atoms with E-state index in [0.29, 0.717) is 27.8 Å². The van der Waals surface area contributed by atoms with Crippen LogP contribution >= 0.6 is 11.6 Å². The molecule has 0 spiro atoms.